The van der Waals surface area contributed by atoms with Crippen molar-refractivity contribution in [3.8, 4) is 22.6 Å². The first-order valence-corrected chi connectivity index (χ1v) is 14.1. The molecule has 0 spiro atoms. The van der Waals surface area contributed by atoms with E-state index in [1.165, 1.54) is 11.8 Å². The number of nitrogens with one attached hydrogen (secondary N) is 1. The molecule has 0 saturated carbocycles. The molecule has 0 saturated heterocycles. The van der Waals surface area contributed by atoms with E-state index in [0.29, 0.717) is 45.5 Å². The molecule has 10 heteroatoms. The monoisotopic (exact) mass is 572 g/mol. The Morgan fingerprint density at radius 3 is 2.48 bits per heavy atom. The van der Waals surface area contributed by atoms with Crippen molar-refractivity contribution in [2.45, 2.75) is 32.6 Å². The number of aryl methyl sites for hydroxylation is 1. The number of carboxylic acids is 1. The third-order valence-electron chi connectivity index (χ3n) is 6.15. The topological polar surface area (TPSA) is 102 Å². The molecule has 4 rings (SSSR count). The van der Waals surface area contributed by atoms with Crippen LogP contribution in [0.3, 0.4) is 0 Å². The summed E-state index contributed by atoms with van der Waals surface area (Å²) in [5.74, 6) is 0.134. The van der Waals surface area contributed by atoms with Crippen molar-refractivity contribution in [3.63, 3.8) is 0 Å². The fraction of sp³-hybridized carbons (Fsp3) is 0.233. The number of carbonyl (C=O) groups is 2. The summed E-state index contributed by atoms with van der Waals surface area (Å²) in [6.45, 7) is 2.45. The molecule has 0 aliphatic heterocycles. The molecule has 1 aromatic heterocycles. The molecule has 2 N–H and O–H groups in total. The molecule has 0 bridgehead atoms. The van der Waals surface area contributed by atoms with E-state index in [9.17, 15) is 14.7 Å². The molecule has 1 atom stereocenters. The van der Waals surface area contributed by atoms with Crippen molar-refractivity contribution in [2.24, 2.45) is 0 Å². The van der Waals surface area contributed by atoms with Gasteiger partial charge in [-0.05, 0) is 71.9 Å². The average Bonchev–Trinajstić information content (AvgIpc) is 3.40. The summed E-state index contributed by atoms with van der Waals surface area (Å²) in [7, 11) is 0. The van der Waals surface area contributed by atoms with E-state index in [1.807, 2.05) is 67.8 Å². The van der Waals surface area contributed by atoms with Crippen molar-refractivity contribution in [1.29, 1.82) is 0 Å². The molecule has 3 aromatic carbocycles. The summed E-state index contributed by atoms with van der Waals surface area (Å²) in [6, 6.07) is 19.5. The average molecular weight is 573 g/mol. The van der Waals surface area contributed by atoms with Crippen molar-refractivity contribution < 1.29 is 23.8 Å². The van der Waals surface area contributed by atoms with Gasteiger partial charge in [-0.15, -0.1) is 0 Å². The second-order valence-electron chi connectivity index (χ2n) is 8.94. The van der Waals surface area contributed by atoms with Crippen molar-refractivity contribution in [1.82, 2.24) is 10.3 Å². The van der Waals surface area contributed by atoms with Crippen LogP contribution in [0.2, 0.25) is 5.02 Å². The molecule has 4 aromatic rings. The van der Waals surface area contributed by atoms with Crippen LogP contribution in [0, 0.1) is 6.92 Å². The number of carbonyl (C=O) groups excluding carboxylic acids is 1. The summed E-state index contributed by atoms with van der Waals surface area (Å²) in [4.78, 5) is 29.3. The number of oxazole rings is 1. The molecular weight excluding hydrogens is 543 g/mol. The van der Waals surface area contributed by atoms with Gasteiger partial charge in [0.05, 0.1) is 23.4 Å². The number of hydrogen-bond donors (Lipinski definition) is 2. The first-order valence-electron chi connectivity index (χ1n) is 12.4. The zero-order chi connectivity index (χ0) is 27.8. The van der Waals surface area contributed by atoms with Gasteiger partial charge in [-0.2, -0.15) is 11.8 Å². The number of nitrogens with zero attached hydrogens (tertiary/aromatic N) is 1. The fourth-order valence-corrected chi connectivity index (χ4v) is 4.80. The van der Waals surface area contributed by atoms with E-state index in [0.717, 1.165) is 16.7 Å². The molecule has 40 heavy (non-hydrogen) atoms. The van der Waals surface area contributed by atoms with E-state index in [-0.39, 0.29) is 32.1 Å². The van der Waals surface area contributed by atoms with Crippen LogP contribution >= 0.6 is 23.4 Å². The second-order valence-corrected chi connectivity index (χ2v) is 10.3. The van der Waals surface area contributed by atoms with E-state index in [4.69, 9.17) is 20.8 Å². The number of amides is 1. The third-order valence-corrected chi connectivity index (χ3v) is 7.12. The maximum absolute atomic E-state index is 13.2. The maximum atomic E-state index is 13.2. The number of thioether (sulfide) groups is 1. The molecule has 1 heterocycles. The number of aliphatic carboxylic acids is 1. The van der Waals surface area contributed by atoms with Crippen LogP contribution in [0.25, 0.3) is 22.6 Å². The van der Waals surface area contributed by atoms with Crippen LogP contribution in [0.4, 0.5) is 0 Å². The number of hydrogen-bond acceptors (Lipinski definition) is 6. The Bertz CT molecular complexity index is 1460. The molecule has 7 nitrogen and oxygen atoms in total. The SMILES string of the molecule is CSCCC(NC(=O)c1ccc(COCc2cnc(-c3ccccc3Cl)o2)cc1-c1ccccc1C)C(=O)O.[LiH]. The van der Waals surface area contributed by atoms with Crippen molar-refractivity contribution in [3.05, 3.63) is 100 Å². The first-order chi connectivity index (χ1) is 18.9. The number of benzene rings is 3. The van der Waals surface area contributed by atoms with Crippen molar-refractivity contribution in [2.75, 3.05) is 12.0 Å². The predicted octanol–water partition coefficient (Wildman–Crippen LogP) is 5.97. The summed E-state index contributed by atoms with van der Waals surface area (Å²) in [6.07, 6.45) is 3.85. The fourth-order valence-electron chi connectivity index (χ4n) is 4.11. The van der Waals surface area contributed by atoms with Gasteiger partial charge >= 0.3 is 24.8 Å². The zero-order valence-corrected chi connectivity index (χ0v) is 23.2. The minimum absolute atomic E-state index is 0. The molecule has 0 aliphatic rings. The molecule has 0 fully saturated rings. The first kappa shape index (κ1) is 31.5. The molecule has 1 amide bonds. The number of rotatable bonds is 12. The van der Waals surface area contributed by atoms with Gasteiger partial charge in [0.1, 0.15) is 12.6 Å². The Kier molecular flexibility index (Phi) is 11.9. The van der Waals surface area contributed by atoms with Gasteiger partial charge in [-0.1, -0.05) is 54.1 Å². The summed E-state index contributed by atoms with van der Waals surface area (Å²) in [5, 5.41) is 12.8. The Labute approximate surface area is 254 Å². The van der Waals surface area contributed by atoms with Crippen molar-refractivity contribution >= 4 is 54.1 Å². The van der Waals surface area contributed by atoms with Crippen LogP contribution in [-0.4, -0.2) is 58.9 Å². The Morgan fingerprint density at radius 2 is 1.77 bits per heavy atom. The van der Waals surface area contributed by atoms with Crippen LogP contribution in [-0.2, 0) is 22.7 Å². The second kappa shape index (κ2) is 15.1. The quantitative estimate of drug-likeness (QED) is 0.202. The van der Waals surface area contributed by atoms with Gasteiger partial charge in [-0.25, -0.2) is 9.78 Å². The summed E-state index contributed by atoms with van der Waals surface area (Å²) >= 11 is 7.78. The standard InChI is InChI=1S/C30H29ClN2O5S.Li.H/c1-19-7-3-4-8-22(19)25-15-20(11-12-23(25)28(34)33-27(30(35)36)13-14-39-2)17-37-18-21-16-32-29(38-21)24-9-5-6-10-26(24)31;;/h3-12,15-16,27H,13-14,17-18H2,1-2H3,(H,33,34)(H,35,36);;. The van der Waals surface area contributed by atoms with Gasteiger partial charge in [-0.3, -0.25) is 4.79 Å². The number of halogens is 1. The number of carboxylic acid groups (broad SMARTS) is 1. The van der Waals surface area contributed by atoms with Crippen LogP contribution in [0.1, 0.15) is 33.7 Å². The molecular formula is C30H30ClLiN2O5S. The summed E-state index contributed by atoms with van der Waals surface area (Å²) < 4.78 is 11.7. The number of aromatic nitrogens is 1. The van der Waals surface area contributed by atoms with Crippen LogP contribution in [0.5, 0.6) is 0 Å². The van der Waals surface area contributed by atoms with Crippen LogP contribution in [0.15, 0.2) is 77.3 Å². The van der Waals surface area contributed by atoms with E-state index >= 15 is 0 Å². The van der Waals surface area contributed by atoms with Crippen LogP contribution < -0.4 is 5.32 Å². The molecule has 204 valence electrons. The minimum atomic E-state index is -1.05. The van der Waals surface area contributed by atoms with E-state index in [1.54, 1.807) is 18.3 Å². The molecule has 1 unspecified atom stereocenters. The van der Waals surface area contributed by atoms with Gasteiger partial charge in [0.2, 0.25) is 5.89 Å². The van der Waals surface area contributed by atoms with Gasteiger partial charge in [0, 0.05) is 5.56 Å². The molecule has 0 radical (unpaired) electrons. The van der Waals surface area contributed by atoms with Gasteiger partial charge in [0.25, 0.3) is 5.91 Å². The third kappa shape index (κ3) is 8.03. The number of ether oxygens (including phenoxy) is 1. The normalized spacial score (nSPS) is 11.5. The van der Waals surface area contributed by atoms with Gasteiger partial charge < -0.3 is 19.6 Å². The molecule has 0 aliphatic carbocycles. The predicted molar refractivity (Wildman–Crippen MR) is 161 cm³/mol. The van der Waals surface area contributed by atoms with E-state index in [2.05, 4.69) is 10.3 Å². The van der Waals surface area contributed by atoms with Gasteiger partial charge in [0.15, 0.2) is 5.76 Å². The Morgan fingerprint density at radius 1 is 1.05 bits per heavy atom. The zero-order valence-electron chi connectivity index (χ0n) is 21.6. The van der Waals surface area contributed by atoms with E-state index < -0.39 is 17.9 Å². The Hall–Kier alpha value is -2.99. The summed E-state index contributed by atoms with van der Waals surface area (Å²) in [5.41, 5.74) is 4.56. The Balaban J connectivity index is 0.00000441.